The maximum atomic E-state index is 12.7. The third kappa shape index (κ3) is 2.05. The van der Waals surface area contributed by atoms with Crippen LogP contribution in [0.4, 0.5) is 0 Å². The first-order valence-corrected chi connectivity index (χ1v) is 6.94. The van der Waals surface area contributed by atoms with Gasteiger partial charge in [0, 0.05) is 10.8 Å². The van der Waals surface area contributed by atoms with Gasteiger partial charge in [0.1, 0.15) is 5.78 Å². The molecule has 2 heteroatoms. The fourth-order valence-corrected chi connectivity index (χ4v) is 5.18. The Hall–Kier alpha value is -0.0400. The predicted octanol–water partition coefficient (Wildman–Crippen LogP) is 4.24. The van der Waals surface area contributed by atoms with Crippen molar-refractivity contribution < 1.29 is 4.79 Å². The molecule has 0 aromatic heterocycles. The Kier molecular flexibility index (Phi) is 3.14. The lowest BCUT2D eigenvalue weighted by atomic mass is 9.47. The van der Waals surface area contributed by atoms with Gasteiger partial charge < -0.3 is 0 Å². The van der Waals surface area contributed by atoms with E-state index in [1.807, 2.05) is 0 Å². The van der Waals surface area contributed by atoms with Crippen LogP contribution in [0.15, 0.2) is 0 Å². The van der Waals surface area contributed by atoms with Gasteiger partial charge in [0.05, 0.1) is 0 Å². The monoisotopic (exact) mass is 256 g/mol. The SMILES string of the molecule is CC(C)(C)C(=O)C12CC3CC(CC(C3)C1)C2.Cl. The van der Waals surface area contributed by atoms with Gasteiger partial charge in [-0.1, -0.05) is 20.8 Å². The first-order chi connectivity index (χ1) is 7.39. The third-order valence-corrected chi connectivity index (χ3v) is 5.20. The molecule has 0 aromatic carbocycles. The molecule has 0 amide bonds. The minimum atomic E-state index is -0.133. The van der Waals surface area contributed by atoms with Crippen LogP contribution in [0, 0.1) is 28.6 Å². The molecule has 0 radical (unpaired) electrons. The van der Waals surface area contributed by atoms with Gasteiger partial charge in [-0.2, -0.15) is 0 Å². The third-order valence-electron chi connectivity index (χ3n) is 5.20. The summed E-state index contributed by atoms with van der Waals surface area (Å²) in [4.78, 5) is 12.7. The van der Waals surface area contributed by atoms with Gasteiger partial charge >= 0.3 is 0 Å². The Morgan fingerprint density at radius 3 is 1.59 bits per heavy atom. The van der Waals surface area contributed by atoms with Crippen molar-refractivity contribution in [3.63, 3.8) is 0 Å². The summed E-state index contributed by atoms with van der Waals surface area (Å²) in [5.74, 6) is 3.23. The van der Waals surface area contributed by atoms with Crippen LogP contribution >= 0.6 is 12.4 Å². The van der Waals surface area contributed by atoms with Gasteiger partial charge in [-0.3, -0.25) is 4.79 Å². The lowest BCUT2D eigenvalue weighted by Crippen LogP contribution is -2.52. The molecule has 0 aliphatic heterocycles. The molecule has 0 saturated heterocycles. The molecule has 4 aliphatic carbocycles. The first kappa shape index (κ1) is 13.4. The van der Waals surface area contributed by atoms with E-state index in [1.165, 1.54) is 38.5 Å². The highest BCUT2D eigenvalue weighted by Gasteiger charge is 2.56. The zero-order valence-electron chi connectivity index (χ0n) is 11.3. The smallest absolute Gasteiger partial charge is 0.144 e. The predicted molar refractivity (Wildman–Crippen MR) is 72.3 cm³/mol. The van der Waals surface area contributed by atoms with Gasteiger partial charge in [-0.15, -0.1) is 12.4 Å². The van der Waals surface area contributed by atoms with Crippen molar-refractivity contribution in [2.45, 2.75) is 59.3 Å². The van der Waals surface area contributed by atoms with Crippen LogP contribution in [0.3, 0.4) is 0 Å². The summed E-state index contributed by atoms with van der Waals surface area (Å²) in [6.45, 7) is 6.32. The summed E-state index contributed by atoms with van der Waals surface area (Å²) in [6.07, 6.45) is 7.93. The number of carbonyl (C=O) groups is 1. The van der Waals surface area contributed by atoms with Crippen molar-refractivity contribution in [1.29, 1.82) is 0 Å². The lowest BCUT2D eigenvalue weighted by Gasteiger charge is -2.57. The molecule has 0 N–H and O–H groups in total. The highest BCUT2D eigenvalue weighted by atomic mass is 35.5. The van der Waals surface area contributed by atoms with Crippen LogP contribution in [0.1, 0.15) is 59.3 Å². The van der Waals surface area contributed by atoms with Crippen LogP contribution in [0.25, 0.3) is 0 Å². The quantitative estimate of drug-likeness (QED) is 0.686. The first-order valence-electron chi connectivity index (χ1n) is 6.94. The average Bonchev–Trinajstić information content (AvgIpc) is 2.12. The second kappa shape index (κ2) is 3.98. The van der Waals surface area contributed by atoms with E-state index in [9.17, 15) is 4.79 Å². The number of Topliss-reactive ketones (excluding diaryl/α,β-unsaturated/α-hetero) is 1. The molecule has 0 heterocycles. The Labute approximate surface area is 111 Å². The zero-order chi connectivity index (χ0) is 11.6. The maximum absolute atomic E-state index is 12.7. The van der Waals surface area contributed by atoms with Crippen molar-refractivity contribution in [1.82, 2.24) is 0 Å². The molecule has 0 spiro atoms. The number of rotatable bonds is 1. The molecule has 4 aliphatic rings. The summed E-state index contributed by atoms with van der Waals surface area (Å²) >= 11 is 0. The van der Waals surface area contributed by atoms with Crippen molar-refractivity contribution >= 4 is 18.2 Å². The lowest BCUT2D eigenvalue weighted by molar-refractivity contribution is -0.152. The Bertz CT molecular complexity index is 291. The van der Waals surface area contributed by atoms with Gasteiger partial charge in [0.15, 0.2) is 0 Å². The van der Waals surface area contributed by atoms with E-state index in [2.05, 4.69) is 20.8 Å². The van der Waals surface area contributed by atoms with E-state index in [1.54, 1.807) is 0 Å². The van der Waals surface area contributed by atoms with Crippen LogP contribution in [-0.4, -0.2) is 5.78 Å². The summed E-state index contributed by atoms with van der Waals surface area (Å²) in [7, 11) is 0. The molecule has 0 aromatic rings. The van der Waals surface area contributed by atoms with Gasteiger partial charge in [-0.25, -0.2) is 0 Å². The molecule has 0 unspecified atom stereocenters. The van der Waals surface area contributed by atoms with Gasteiger partial charge in [0.2, 0.25) is 0 Å². The molecule has 4 rings (SSSR count). The Morgan fingerprint density at radius 1 is 0.941 bits per heavy atom. The highest BCUT2D eigenvalue weighted by molar-refractivity contribution is 5.89. The summed E-state index contributed by atoms with van der Waals surface area (Å²) in [5.41, 5.74) is -0.0291. The molecule has 17 heavy (non-hydrogen) atoms. The Balaban J connectivity index is 0.00000108. The van der Waals surface area contributed by atoms with Crippen LogP contribution < -0.4 is 0 Å². The summed E-state index contributed by atoms with van der Waals surface area (Å²) in [5, 5.41) is 0. The minimum Gasteiger partial charge on any atom is -0.298 e. The Morgan fingerprint density at radius 2 is 1.29 bits per heavy atom. The van der Waals surface area contributed by atoms with Gasteiger partial charge in [0.25, 0.3) is 0 Å². The fourth-order valence-electron chi connectivity index (χ4n) is 5.18. The molecule has 4 fully saturated rings. The standard InChI is InChI=1S/C15H24O.ClH/c1-14(2,3)13(16)15-7-10-4-11(8-15)6-12(5-10)9-15;/h10-12H,4-9H2,1-3H3;1H. The fraction of sp³-hybridized carbons (Fsp3) is 0.933. The van der Waals surface area contributed by atoms with Crippen molar-refractivity contribution in [2.75, 3.05) is 0 Å². The van der Waals surface area contributed by atoms with Crippen molar-refractivity contribution in [2.24, 2.45) is 28.6 Å². The average molecular weight is 257 g/mol. The van der Waals surface area contributed by atoms with Crippen LogP contribution in [-0.2, 0) is 4.79 Å². The molecule has 1 nitrogen and oxygen atoms in total. The molecule has 4 bridgehead atoms. The number of hydrogen-bond donors (Lipinski definition) is 0. The normalized spacial score (nSPS) is 43.4. The zero-order valence-corrected chi connectivity index (χ0v) is 12.1. The number of ketones is 1. The number of halogens is 1. The van der Waals surface area contributed by atoms with Crippen LogP contribution in [0.5, 0.6) is 0 Å². The summed E-state index contributed by atoms with van der Waals surface area (Å²) < 4.78 is 0. The van der Waals surface area contributed by atoms with Crippen molar-refractivity contribution in [3.05, 3.63) is 0 Å². The topological polar surface area (TPSA) is 17.1 Å². The molecular formula is C15H25ClO. The van der Waals surface area contributed by atoms with E-state index in [0.717, 1.165) is 17.8 Å². The molecule has 0 atom stereocenters. The van der Waals surface area contributed by atoms with E-state index in [0.29, 0.717) is 5.78 Å². The number of hydrogen-bond acceptors (Lipinski definition) is 1. The van der Waals surface area contributed by atoms with E-state index >= 15 is 0 Å². The largest absolute Gasteiger partial charge is 0.298 e. The van der Waals surface area contributed by atoms with Gasteiger partial charge in [-0.05, 0) is 56.3 Å². The molecule has 98 valence electrons. The van der Waals surface area contributed by atoms with Crippen molar-refractivity contribution in [3.8, 4) is 0 Å². The highest BCUT2D eigenvalue weighted by Crippen LogP contribution is 2.61. The maximum Gasteiger partial charge on any atom is 0.144 e. The van der Waals surface area contributed by atoms with E-state index in [4.69, 9.17) is 0 Å². The molecular weight excluding hydrogens is 232 g/mol. The number of carbonyl (C=O) groups excluding carboxylic acids is 1. The summed E-state index contributed by atoms with van der Waals surface area (Å²) in [6, 6.07) is 0. The minimum absolute atomic E-state index is 0. The van der Waals surface area contributed by atoms with Crippen LogP contribution in [0.2, 0.25) is 0 Å². The second-order valence-electron chi connectivity index (χ2n) is 7.78. The van der Waals surface area contributed by atoms with E-state index in [-0.39, 0.29) is 23.2 Å². The van der Waals surface area contributed by atoms with E-state index < -0.39 is 0 Å². The second-order valence-corrected chi connectivity index (χ2v) is 7.78. The molecule has 4 saturated carbocycles.